The van der Waals surface area contributed by atoms with Gasteiger partial charge in [-0.15, -0.1) is 11.3 Å². The summed E-state index contributed by atoms with van der Waals surface area (Å²) in [7, 11) is 0. The van der Waals surface area contributed by atoms with Gasteiger partial charge in [0.15, 0.2) is 12.4 Å². The summed E-state index contributed by atoms with van der Waals surface area (Å²) in [6.07, 6.45) is 2.23. The average Bonchev–Trinajstić information content (AvgIpc) is 3.29. The molecule has 0 fully saturated rings. The van der Waals surface area contributed by atoms with Gasteiger partial charge in [0.2, 0.25) is 0 Å². The minimum absolute atomic E-state index is 0.0949. The first kappa shape index (κ1) is 18.4. The summed E-state index contributed by atoms with van der Waals surface area (Å²) in [6, 6.07) is 14.7. The van der Waals surface area contributed by atoms with E-state index < -0.39 is 0 Å². The van der Waals surface area contributed by atoms with Crippen LogP contribution in [-0.2, 0) is 11.2 Å². The predicted molar refractivity (Wildman–Crippen MR) is 103 cm³/mol. The monoisotopic (exact) mass is 370 g/mol. The summed E-state index contributed by atoms with van der Waals surface area (Å²) < 4.78 is 4.98. The van der Waals surface area contributed by atoms with E-state index in [9.17, 15) is 4.79 Å². The minimum Gasteiger partial charge on any atom is -0.360 e. The van der Waals surface area contributed by atoms with Crippen LogP contribution in [0.2, 0.25) is 0 Å². The lowest BCUT2D eigenvalue weighted by Gasteiger charge is -2.15. The number of aromatic nitrogens is 1. The smallest absolute Gasteiger partial charge is 0.280 e. The Bertz CT molecular complexity index is 825. The highest BCUT2D eigenvalue weighted by molar-refractivity contribution is 7.10. The predicted octanol–water partition coefficient (Wildman–Crippen LogP) is 3.29. The van der Waals surface area contributed by atoms with E-state index >= 15 is 0 Å². The zero-order valence-electron chi connectivity index (χ0n) is 15.1. The maximum absolute atomic E-state index is 12.2. The van der Waals surface area contributed by atoms with Gasteiger partial charge in [0.25, 0.3) is 5.91 Å². The van der Waals surface area contributed by atoms with Gasteiger partial charge in [-0.05, 0) is 30.4 Å². The summed E-state index contributed by atoms with van der Waals surface area (Å²) in [5.74, 6) is 1.04. The zero-order valence-corrected chi connectivity index (χ0v) is 15.9. The fraction of sp³-hybridized carbons (Fsp3) is 0.300. The summed E-state index contributed by atoms with van der Waals surface area (Å²) >= 11 is 1.71. The van der Waals surface area contributed by atoms with E-state index in [-0.39, 0.29) is 11.9 Å². The number of aryl methyl sites for hydroxylation is 2. The molecule has 136 valence electrons. The number of quaternary nitrogens is 1. The normalized spacial score (nSPS) is 12.1. The third-order valence-corrected chi connectivity index (χ3v) is 5.12. The number of hydrogen-bond acceptors (Lipinski definition) is 4. The molecule has 3 rings (SSSR count). The van der Waals surface area contributed by atoms with Gasteiger partial charge in [0.05, 0.1) is 4.88 Å². The van der Waals surface area contributed by atoms with Crippen molar-refractivity contribution in [2.45, 2.75) is 32.7 Å². The second-order valence-electron chi connectivity index (χ2n) is 6.30. The summed E-state index contributed by atoms with van der Waals surface area (Å²) in [4.78, 5) is 13.5. The SMILES string of the molecule is CCCc1ccc([C@@H]([NH2+]CC(=O)Nc2cc(C)on2)c2cccs2)cc1. The Morgan fingerprint density at radius 1 is 1.31 bits per heavy atom. The Morgan fingerprint density at radius 2 is 2.12 bits per heavy atom. The molecule has 0 aliphatic rings. The Morgan fingerprint density at radius 3 is 2.73 bits per heavy atom. The zero-order chi connectivity index (χ0) is 18.4. The topological polar surface area (TPSA) is 71.7 Å². The number of nitrogens with two attached hydrogens (primary N) is 1. The first-order valence-corrected chi connectivity index (χ1v) is 9.72. The Balaban J connectivity index is 1.67. The number of thiophene rings is 1. The lowest BCUT2D eigenvalue weighted by molar-refractivity contribution is -0.675. The Kier molecular flexibility index (Phi) is 6.20. The molecule has 0 bridgehead atoms. The van der Waals surface area contributed by atoms with E-state index in [1.165, 1.54) is 16.0 Å². The van der Waals surface area contributed by atoms with Crippen molar-refractivity contribution in [2.75, 3.05) is 11.9 Å². The van der Waals surface area contributed by atoms with Gasteiger partial charge in [0.1, 0.15) is 11.8 Å². The largest absolute Gasteiger partial charge is 0.360 e. The molecule has 26 heavy (non-hydrogen) atoms. The molecule has 3 aromatic rings. The lowest BCUT2D eigenvalue weighted by Crippen LogP contribution is -2.87. The van der Waals surface area contributed by atoms with Gasteiger partial charge in [-0.3, -0.25) is 4.79 Å². The molecule has 0 aliphatic heterocycles. The quantitative estimate of drug-likeness (QED) is 0.639. The van der Waals surface area contributed by atoms with E-state index in [0.29, 0.717) is 18.1 Å². The number of nitrogens with one attached hydrogen (secondary N) is 1. The first-order valence-electron chi connectivity index (χ1n) is 8.84. The van der Waals surface area contributed by atoms with Gasteiger partial charge in [-0.2, -0.15) is 0 Å². The molecule has 3 N–H and O–H groups in total. The molecule has 0 saturated carbocycles. The van der Waals surface area contributed by atoms with Crippen LogP contribution in [0.4, 0.5) is 5.82 Å². The number of benzene rings is 1. The van der Waals surface area contributed by atoms with Gasteiger partial charge in [-0.1, -0.05) is 48.8 Å². The molecule has 1 amide bonds. The van der Waals surface area contributed by atoms with E-state index in [1.54, 1.807) is 24.3 Å². The van der Waals surface area contributed by atoms with Crippen LogP contribution >= 0.6 is 11.3 Å². The van der Waals surface area contributed by atoms with Crippen LogP contribution in [0.3, 0.4) is 0 Å². The van der Waals surface area contributed by atoms with Crippen molar-refractivity contribution >= 4 is 23.1 Å². The van der Waals surface area contributed by atoms with Crippen molar-refractivity contribution in [3.63, 3.8) is 0 Å². The van der Waals surface area contributed by atoms with E-state index in [1.807, 2.05) is 6.07 Å². The number of amides is 1. The van der Waals surface area contributed by atoms with Gasteiger partial charge < -0.3 is 15.2 Å². The number of carbonyl (C=O) groups is 1. The second-order valence-corrected chi connectivity index (χ2v) is 7.27. The molecule has 0 spiro atoms. The van der Waals surface area contributed by atoms with E-state index in [2.05, 4.69) is 58.4 Å². The van der Waals surface area contributed by atoms with Crippen molar-refractivity contribution < 1.29 is 14.6 Å². The number of hydrogen-bond donors (Lipinski definition) is 2. The molecule has 0 saturated heterocycles. The van der Waals surface area contributed by atoms with Crippen LogP contribution in [0.1, 0.15) is 41.2 Å². The molecule has 0 aliphatic carbocycles. The highest BCUT2D eigenvalue weighted by Crippen LogP contribution is 2.23. The van der Waals surface area contributed by atoms with Gasteiger partial charge in [-0.25, -0.2) is 0 Å². The van der Waals surface area contributed by atoms with E-state index in [4.69, 9.17) is 4.52 Å². The molecular weight excluding hydrogens is 346 g/mol. The third kappa shape index (κ3) is 4.80. The standard InChI is InChI=1S/C20H23N3O2S/c1-3-5-15-7-9-16(10-8-15)20(17-6-4-11-26-17)21-13-19(24)22-18-12-14(2)25-23-18/h4,6-12,20-21H,3,5,13H2,1-2H3,(H,22,23,24)/p+1/t20-/m1/s1. The average molecular weight is 370 g/mol. The van der Waals surface area contributed by atoms with Crippen LogP contribution < -0.4 is 10.6 Å². The van der Waals surface area contributed by atoms with Gasteiger partial charge in [0, 0.05) is 11.6 Å². The number of anilines is 1. The van der Waals surface area contributed by atoms with Crippen molar-refractivity contribution in [2.24, 2.45) is 0 Å². The highest BCUT2D eigenvalue weighted by atomic mass is 32.1. The van der Waals surface area contributed by atoms with E-state index in [0.717, 1.165) is 12.8 Å². The number of rotatable bonds is 8. The number of nitrogens with zero attached hydrogens (tertiary/aromatic N) is 1. The van der Waals surface area contributed by atoms with Crippen molar-refractivity contribution in [3.05, 3.63) is 69.6 Å². The second kappa shape index (κ2) is 8.78. The molecule has 2 aromatic heterocycles. The molecule has 5 nitrogen and oxygen atoms in total. The molecule has 2 heterocycles. The first-order chi connectivity index (χ1) is 12.7. The maximum atomic E-state index is 12.2. The molecule has 0 radical (unpaired) electrons. The van der Waals surface area contributed by atoms with Crippen LogP contribution in [0.25, 0.3) is 0 Å². The van der Waals surface area contributed by atoms with Crippen molar-refractivity contribution in [1.82, 2.24) is 5.16 Å². The van der Waals surface area contributed by atoms with Crippen LogP contribution in [-0.4, -0.2) is 17.6 Å². The van der Waals surface area contributed by atoms with Crippen LogP contribution in [0.15, 0.2) is 52.4 Å². The lowest BCUT2D eigenvalue weighted by atomic mass is 10.0. The summed E-state index contributed by atoms with van der Waals surface area (Å²) in [5, 5.41) is 10.7. The Labute approximate surface area is 157 Å². The molecule has 1 aromatic carbocycles. The van der Waals surface area contributed by atoms with Crippen LogP contribution in [0.5, 0.6) is 0 Å². The summed E-state index contributed by atoms with van der Waals surface area (Å²) in [6.45, 7) is 4.29. The fourth-order valence-corrected chi connectivity index (χ4v) is 3.76. The molecular formula is C20H24N3O2S+. The minimum atomic E-state index is -0.0949. The highest BCUT2D eigenvalue weighted by Gasteiger charge is 2.20. The molecule has 0 unspecified atom stereocenters. The van der Waals surface area contributed by atoms with Crippen molar-refractivity contribution in [3.8, 4) is 0 Å². The van der Waals surface area contributed by atoms with Crippen LogP contribution in [0, 0.1) is 6.92 Å². The third-order valence-electron chi connectivity index (χ3n) is 4.16. The summed E-state index contributed by atoms with van der Waals surface area (Å²) in [5.41, 5.74) is 2.55. The Hall–Kier alpha value is -2.44. The molecule has 1 atom stereocenters. The maximum Gasteiger partial charge on any atom is 0.280 e. The van der Waals surface area contributed by atoms with Gasteiger partial charge >= 0.3 is 0 Å². The fourth-order valence-electron chi connectivity index (χ4n) is 2.91. The van der Waals surface area contributed by atoms with Crippen molar-refractivity contribution in [1.29, 1.82) is 0 Å². The molecule has 6 heteroatoms. The number of carbonyl (C=O) groups excluding carboxylic acids is 1.